The quantitative estimate of drug-likeness (QED) is 0.348. The SMILES string of the molecule is CC(C)CN(C)S(=O)(=O)NCC1CN(S(=O)(=O)c2ccc(F)c(Cl)c2)c2cc(NC(=O)OC(C)(C)C(F)(F)F)ccc2O1. The molecule has 0 saturated carbocycles. The Bertz CT molecular complexity index is 1570. The zero-order chi connectivity index (χ0) is 32.5. The van der Waals surface area contributed by atoms with Gasteiger partial charge in [-0.15, -0.1) is 0 Å². The van der Waals surface area contributed by atoms with Gasteiger partial charge in [-0.1, -0.05) is 25.4 Å². The van der Waals surface area contributed by atoms with Gasteiger partial charge in [0.1, 0.15) is 17.7 Å². The molecule has 0 aliphatic carbocycles. The average molecular weight is 675 g/mol. The number of ether oxygens (including phenoxy) is 2. The zero-order valence-electron chi connectivity index (χ0n) is 23.7. The van der Waals surface area contributed by atoms with Crippen LogP contribution in [0.1, 0.15) is 27.7 Å². The van der Waals surface area contributed by atoms with E-state index < -0.39 is 66.5 Å². The summed E-state index contributed by atoms with van der Waals surface area (Å²) >= 11 is 5.81. The van der Waals surface area contributed by atoms with Crippen molar-refractivity contribution in [1.82, 2.24) is 9.03 Å². The highest BCUT2D eigenvalue weighted by molar-refractivity contribution is 7.92. The number of amides is 1. The lowest BCUT2D eigenvalue weighted by molar-refractivity contribution is -0.242. The number of hydrogen-bond acceptors (Lipinski definition) is 7. The number of nitrogens with zero attached hydrogens (tertiary/aromatic N) is 2. The molecule has 0 bridgehead atoms. The Morgan fingerprint density at radius 2 is 1.81 bits per heavy atom. The van der Waals surface area contributed by atoms with E-state index in [0.29, 0.717) is 13.8 Å². The smallest absolute Gasteiger partial charge is 0.427 e. The van der Waals surface area contributed by atoms with Crippen LogP contribution in [-0.4, -0.2) is 71.8 Å². The molecule has 0 saturated heterocycles. The summed E-state index contributed by atoms with van der Waals surface area (Å²) in [6.07, 6.45) is -7.39. The fraction of sp³-hybridized carbons (Fsp3) is 0.480. The Morgan fingerprint density at radius 1 is 1.16 bits per heavy atom. The van der Waals surface area contributed by atoms with Gasteiger partial charge in [-0.3, -0.25) is 9.62 Å². The van der Waals surface area contributed by atoms with Crippen molar-refractivity contribution in [2.75, 3.05) is 36.3 Å². The summed E-state index contributed by atoms with van der Waals surface area (Å²) in [7, 11) is -7.09. The number of halogens is 5. The first-order valence-electron chi connectivity index (χ1n) is 12.7. The topological polar surface area (TPSA) is 134 Å². The fourth-order valence-corrected chi connectivity index (χ4v) is 6.72. The van der Waals surface area contributed by atoms with Gasteiger partial charge in [0, 0.05) is 19.3 Å². The van der Waals surface area contributed by atoms with Crippen LogP contribution < -0.4 is 19.1 Å². The van der Waals surface area contributed by atoms with Gasteiger partial charge in [0.25, 0.3) is 20.2 Å². The monoisotopic (exact) mass is 674 g/mol. The lowest BCUT2D eigenvalue weighted by Crippen LogP contribution is -2.50. The standard InChI is InChI=1S/C25H31ClF4N4O7S2/c1-15(2)13-33(5)43(38,39)31-12-17-14-34(42(36,37)18-7-8-20(27)19(26)11-18)21-10-16(6-9-22(21)40-17)32-23(35)41-24(3,4)25(28,29)30/h6-11,15,17,31H,12-14H2,1-5H3,(H,32,35). The van der Waals surface area contributed by atoms with E-state index in [0.717, 1.165) is 32.9 Å². The molecule has 1 atom stereocenters. The molecule has 0 radical (unpaired) electrons. The number of benzene rings is 2. The summed E-state index contributed by atoms with van der Waals surface area (Å²) in [6, 6.07) is 6.30. The van der Waals surface area contributed by atoms with Crippen molar-refractivity contribution in [2.45, 2.75) is 50.5 Å². The molecule has 0 fully saturated rings. The number of alkyl halides is 3. The highest BCUT2D eigenvalue weighted by Gasteiger charge is 2.51. The predicted molar refractivity (Wildman–Crippen MR) is 151 cm³/mol. The van der Waals surface area contributed by atoms with Crippen LogP contribution in [0.2, 0.25) is 5.02 Å². The van der Waals surface area contributed by atoms with Gasteiger partial charge in [0.15, 0.2) is 0 Å². The van der Waals surface area contributed by atoms with E-state index in [2.05, 4.69) is 14.8 Å². The van der Waals surface area contributed by atoms with Crippen molar-refractivity contribution >= 4 is 49.3 Å². The van der Waals surface area contributed by atoms with Gasteiger partial charge in [0.05, 0.1) is 28.7 Å². The molecule has 1 amide bonds. The third-order valence-corrected chi connectivity index (χ3v) is 9.74. The molecule has 1 aliphatic heterocycles. The van der Waals surface area contributed by atoms with Crippen molar-refractivity contribution in [3.05, 3.63) is 47.2 Å². The largest absolute Gasteiger partial charge is 0.485 e. The Kier molecular flexibility index (Phi) is 10.2. The van der Waals surface area contributed by atoms with Gasteiger partial charge < -0.3 is 9.47 Å². The lowest BCUT2D eigenvalue weighted by atomic mass is 10.1. The maximum atomic E-state index is 13.8. The van der Waals surface area contributed by atoms with Crippen LogP contribution in [-0.2, 0) is 25.0 Å². The first-order chi connectivity index (χ1) is 19.6. The van der Waals surface area contributed by atoms with Crippen molar-refractivity contribution in [3.8, 4) is 5.75 Å². The minimum Gasteiger partial charge on any atom is -0.485 e. The first-order valence-corrected chi connectivity index (χ1v) is 16.0. The van der Waals surface area contributed by atoms with E-state index in [1.54, 1.807) is 0 Å². The van der Waals surface area contributed by atoms with Crippen LogP contribution in [0.15, 0.2) is 41.3 Å². The summed E-state index contributed by atoms with van der Waals surface area (Å²) in [4.78, 5) is 11.8. The molecule has 0 spiro atoms. The fourth-order valence-electron chi connectivity index (χ4n) is 3.84. The van der Waals surface area contributed by atoms with E-state index in [9.17, 15) is 39.2 Å². The second-order valence-electron chi connectivity index (χ2n) is 10.6. The van der Waals surface area contributed by atoms with Crippen LogP contribution >= 0.6 is 11.6 Å². The second-order valence-corrected chi connectivity index (χ2v) is 14.7. The molecule has 2 aromatic carbocycles. The van der Waals surface area contributed by atoms with Gasteiger partial charge in [-0.25, -0.2) is 17.6 Å². The molecule has 18 heteroatoms. The molecule has 43 heavy (non-hydrogen) atoms. The highest BCUT2D eigenvalue weighted by atomic mass is 35.5. The Balaban J connectivity index is 1.96. The van der Waals surface area contributed by atoms with Crippen LogP contribution in [0, 0.1) is 11.7 Å². The number of anilines is 2. The lowest BCUT2D eigenvalue weighted by Gasteiger charge is -2.36. The number of rotatable bonds is 10. The summed E-state index contributed by atoms with van der Waals surface area (Å²) in [5.74, 6) is -0.896. The van der Waals surface area contributed by atoms with E-state index in [1.165, 1.54) is 19.2 Å². The van der Waals surface area contributed by atoms with Crippen molar-refractivity contribution in [3.63, 3.8) is 0 Å². The van der Waals surface area contributed by atoms with Crippen molar-refractivity contribution in [2.24, 2.45) is 5.92 Å². The highest BCUT2D eigenvalue weighted by Crippen LogP contribution is 2.40. The third-order valence-electron chi connectivity index (χ3n) is 6.17. The number of sulfonamides is 1. The van der Waals surface area contributed by atoms with E-state index >= 15 is 0 Å². The maximum Gasteiger partial charge on any atom is 0.427 e. The minimum absolute atomic E-state index is 0.0298. The molecule has 0 aromatic heterocycles. The van der Waals surface area contributed by atoms with Crippen molar-refractivity contribution in [1.29, 1.82) is 0 Å². The van der Waals surface area contributed by atoms with Gasteiger partial charge in [-0.05, 0) is 56.2 Å². The zero-order valence-corrected chi connectivity index (χ0v) is 26.1. The van der Waals surface area contributed by atoms with E-state index in [-0.39, 0.29) is 36.1 Å². The second kappa shape index (κ2) is 12.6. The molecule has 3 rings (SSSR count). The summed E-state index contributed by atoms with van der Waals surface area (Å²) < 4.78 is 121. The summed E-state index contributed by atoms with van der Waals surface area (Å²) in [5.41, 5.74) is -3.11. The average Bonchev–Trinajstić information content (AvgIpc) is 2.87. The number of fused-ring (bicyclic) bond motifs is 1. The molecule has 2 N–H and O–H groups in total. The van der Waals surface area contributed by atoms with Crippen molar-refractivity contribution < 1.29 is 48.7 Å². The van der Waals surface area contributed by atoms with Crippen LogP contribution in [0.5, 0.6) is 5.75 Å². The van der Waals surface area contributed by atoms with Gasteiger partial charge in [-0.2, -0.15) is 30.6 Å². The molecule has 1 unspecified atom stereocenters. The van der Waals surface area contributed by atoms with Crippen LogP contribution in [0.4, 0.5) is 33.7 Å². The number of hydrogen-bond donors (Lipinski definition) is 2. The number of carbonyl (C=O) groups is 1. The molecular weight excluding hydrogens is 644 g/mol. The van der Waals surface area contributed by atoms with Crippen LogP contribution in [0.25, 0.3) is 0 Å². The van der Waals surface area contributed by atoms with Gasteiger partial charge >= 0.3 is 12.3 Å². The summed E-state index contributed by atoms with van der Waals surface area (Å²) in [5, 5.41) is 1.65. The van der Waals surface area contributed by atoms with Gasteiger partial charge in [0.2, 0.25) is 5.60 Å². The molecule has 1 heterocycles. The van der Waals surface area contributed by atoms with E-state index in [4.69, 9.17) is 16.3 Å². The normalized spacial score (nSPS) is 16.2. The Hall–Kier alpha value is -2.86. The maximum absolute atomic E-state index is 13.8. The Morgan fingerprint density at radius 3 is 2.40 bits per heavy atom. The first kappa shape index (κ1) is 34.6. The molecular formula is C25H31ClF4N4O7S2. The molecule has 240 valence electrons. The Labute approximate surface area is 252 Å². The third kappa shape index (κ3) is 8.20. The van der Waals surface area contributed by atoms with Crippen LogP contribution in [0.3, 0.4) is 0 Å². The molecule has 2 aromatic rings. The minimum atomic E-state index is -4.87. The summed E-state index contributed by atoms with van der Waals surface area (Å²) in [6.45, 7) is 4.40. The van der Waals surface area contributed by atoms with E-state index in [1.807, 2.05) is 13.8 Å². The molecule has 1 aliphatic rings. The number of carbonyl (C=O) groups excluding carboxylic acids is 1. The molecule has 11 nitrogen and oxygen atoms in total. The number of nitrogens with one attached hydrogen (secondary N) is 2. The predicted octanol–water partition coefficient (Wildman–Crippen LogP) is 4.75.